The van der Waals surface area contributed by atoms with Crippen LogP contribution in [0.4, 0.5) is 0 Å². The van der Waals surface area contributed by atoms with Gasteiger partial charge in [0.1, 0.15) is 6.07 Å². The van der Waals surface area contributed by atoms with Gasteiger partial charge < -0.3 is 9.30 Å². The summed E-state index contributed by atoms with van der Waals surface area (Å²) in [5.74, 6) is -0.347. The number of hydrogen-bond acceptors (Lipinski definition) is 3. The Bertz CT molecular complexity index is 932. The lowest BCUT2D eigenvalue weighted by molar-refractivity contribution is 0.0528. The van der Waals surface area contributed by atoms with Crippen molar-refractivity contribution in [1.29, 1.82) is 5.26 Å². The molecule has 23 heavy (non-hydrogen) atoms. The molecule has 1 heterocycles. The fourth-order valence-electron chi connectivity index (χ4n) is 2.81. The lowest BCUT2D eigenvalue weighted by Crippen LogP contribution is -2.04. The molecular weight excluding hydrogens is 288 g/mol. The van der Waals surface area contributed by atoms with Crippen LogP contribution in [-0.2, 0) is 4.74 Å². The van der Waals surface area contributed by atoms with E-state index in [1.807, 2.05) is 47.9 Å². The molecule has 114 valence electrons. The van der Waals surface area contributed by atoms with Crippen molar-refractivity contribution >= 4 is 16.9 Å². The molecule has 3 aromatic rings. The molecule has 1 aromatic heterocycles. The zero-order valence-electron chi connectivity index (χ0n) is 13.0. The van der Waals surface area contributed by atoms with Crippen LogP contribution in [0, 0.1) is 18.3 Å². The van der Waals surface area contributed by atoms with E-state index >= 15 is 0 Å². The van der Waals surface area contributed by atoms with Gasteiger partial charge in [-0.05, 0) is 37.6 Å². The highest BCUT2D eigenvalue weighted by atomic mass is 16.5. The Balaban J connectivity index is 2.33. The maximum Gasteiger partial charge on any atom is 0.340 e. The van der Waals surface area contributed by atoms with Crippen molar-refractivity contribution in [2.24, 2.45) is 0 Å². The molecule has 0 aliphatic carbocycles. The number of carbonyl (C=O) groups excluding carboxylic acids is 1. The number of esters is 1. The fraction of sp³-hybridized carbons (Fsp3) is 0.158. The maximum atomic E-state index is 12.3. The van der Waals surface area contributed by atoms with Crippen molar-refractivity contribution in [3.8, 4) is 11.8 Å². The molecule has 3 rings (SSSR count). The average Bonchev–Trinajstić information content (AvgIpc) is 2.96. The Labute approximate surface area is 134 Å². The van der Waals surface area contributed by atoms with Crippen molar-refractivity contribution in [2.45, 2.75) is 13.8 Å². The van der Waals surface area contributed by atoms with E-state index in [9.17, 15) is 10.1 Å². The number of aromatic nitrogens is 1. The zero-order chi connectivity index (χ0) is 16.4. The molecule has 2 aromatic carbocycles. The minimum atomic E-state index is -0.347. The Morgan fingerprint density at radius 1 is 1.22 bits per heavy atom. The van der Waals surface area contributed by atoms with Gasteiger partial charge in [-0.3, -0.25) is 0 Å². The Morgan fingerprint density at radius 3 is 2.74 bits per heavy atom. The minimum absolute atomic E-state index is 0.326. The van der Waals surface area contributed by atoms with Crippen LogP contribution in [0.3, 0.4) is 0 Å². The third-order valence-corrected chi connectivity index (χ3v) is 3.82. The Hall–Kier alpha value is -3.06. The molecule has 0 aliphatic rings. The second-order valence-electron chi connectivity index (χ2n) is 5.23. The minimum Gasteiger partial charge on any atom is -0.462 e. The summed E-state index contributed by atoms with van der Waals surface area (Å²) in [7, 11) is 0. The predicted molar refractivity (Wildman–Crippen MR) is 88.7 cm³/mol. The first-order valence-corrected chi connectivity index (χ1v) is 7.44. The largest absolute Gasteiger partial charge is 0.462 e. The van der Waals surface area contributed by atoms with Crippen molar-refractivity contribution in [3.63, 3.8) is 0 Å². The van der Waals surface area contributed by atoms with Crippen molar-refractivity contribution < 1.29 is 9.53 Å². The third-order valence-electron chi connectivity index (χ3n) is 3.82. The number of para-hydroxylation sites is 1. The van der Waals surface area contributed by atoms with Gasteiger partial charge in [-0.15, -0.1) is 0 Å². The highest BCUT2D eigenvalue weighted by molar-refractivity contribution is 6.06. The van der Waals surface area contributed by atoms with Gasteiger partial charge in [0, 0.05) is 11.6 Å². The molecule has 0 amide bonds. The lowest BCUT2D eigenvalue weighted by Gasteiger charge is -2.07. The van der Waals surface area contributed by atoms with Gasteiger partial charge >= 0.3 is 5.97 Å². The molecular formula is C19H16N2O2. The van der Waals surface area contributed by atoms with Crippen LogP contribution in [0.2, 0.25) is 0 Å². The fourth-order valence-corrected chi connectivity index (χ4v) is 2.81. The summed E-state index contributed by atoms with van der Waals surface area (Å²) in [6.45, 7) is 4.08. The molecule has 0 saturated heterocycles. The number of aryl methyl sites for hydroxylation is 1. The van der Waals surface area contributed by atoms with Crippen LogP contribution in [0.1, 0.15) is 28.4 Å². The molecule has 4 heteroatoms. The monoisotopic (exact) mass is 304 g/mol. The average molecular weight is 304 g/mol. The number of nitriles is 1. The molecule has 0 aliphatic heterocycles. The number of ether oxygens (including phenoxy) is 1. The molecule has 0 bridgehead atoms. The summed E-state index contributed by atoms with van der Waals surface area (Å²) in [5, 5.41) is 10.2. The number of nitrogens with zero attached hydrogens (tertiary/aromatic N) is 2. The molecule has 0 fully saturated rings. The number of rotatable bonds is 3. The Kier molecular flexibility index (Phi) is 3.86. The lowest BCUT2D eigenvalue weighted by atomic mass is 10.1. The van der Waals surface area contributed by atoms with Crippen molar-refractivity contribution in [2.75, 3.05) is 6.61 Å². The quantitative estimate of drug-likeness (QED) is 0.688. The number of fused-ring (bicyclic) bond motifs is 1. The van der Waals surface area contributed by atoms with E-state index in [1.165, 1.54) is 0 Å². The van der Waals surface area contributed by atoms with Crippen LogP contribution in [0.25, 0.3) is 16.6 Å². The highest BCUT2D eigenvalue weighted by Crippen LogP contribution is 2.29. The summed E-state index contributed by atoms with van der Waals surface area (Å²) in [6.07, 6.45) is 1.76. The smallest absolute Gasteiger partial charge is 0.340 e. The standard InChI is InChI=1S/C19H16N2O2/c1-3-23-19(22)15-12-21(16-9-5-4-8-14(16)11-20)17-10-6-7-13(2)18(15)17/h4-10,12H,3H2,1-2H3. The summed E-state index contributed by atoms with van der Waals surface area (Å²) in [4.78, 5) is 12.3. The van der Waals surface area contributed by atoms with Gasteiger partial charge in [-0.1, -0.05) is 24.3 Å². The van der Waals surface area contributed by atoms with Crippen molar-refractivity contribution in [1.82, 2.24) is 4.57 Å². The number of hydrogen-bond donors (Lipinski definition) is 0. The first kappa shape index (κ1) is 14.9. The zero-order valence-corrected chi connectivity index (χ0v) is 13.0. The van der Waals surface area contributed by atoms with E-state index < -0.39 is 0 Å². The van der Waals surface area contributed by atoms with E-state index in [4.69, 9.17) is 4.74 Å². The second kappa shape index (κ2) is 5.98. The normalized spacial score (nSPS) is 10.5. The topological polar surface area (TPSA) is 55.0 Å². The van der Waals surface area contributed by atoms with Crippen LogP contribution in [0.5, 0.6) is 0 Å². The molecule has 0 saturated carbocycles. The molecule has 0 spiro atoms. The first-order valence-electron chi connectivity index (χ1n) is 7.44. The summed E-state index contributed by atoms with van der Waals surface area (Å²) in [6, 6.07) is 15.4. The molecule has 0 N–H and O–H groups in total. The van der Waals surface area contributed by atoms with Crippen LogP contribution in [0.15, 0.2) is 48.7 Å². The summed E-state index contributed by atoms with van der Waals surface area (Å²) >= 11 is 0. The first-order chi connectivity index (χ1) is 11.2. The van der Waals surface area contributed by atoms with Gasteiger partial charge in [0.05, 0.1) is 28.9 Å². The van der Waals surface area contributed by atoms with E-state index in [2.05, 4.69) is 6.07 Å². The second-order valence-corrected chi connectivity index (χ2v) is 5.23. The summed E-state index contributed by atoms with van der Waals surface area (Å²) in [5.41, 5.74) is 3.71. The van der Waals surface area contributed by atoms with Gasteiger partial charge in [-0.2, -0.15) is 5.26 Å². The maximum absolute atomic E-state index is 12.3. The summed E-state index contributed by atoms with van der Waals surface area (Å²) < 4.78 is 7.06. The van der Waals surface area contributed by atoms with E-state index in [1.54, 1.807) is 19.2 Å². The molecule has 0 unspecified atom stereocenters. The van der Waals surface area contributed by atoms with E-state index in [0.717, 1.165) is 22.2 Å². The number of carbonyl (C=O) groups is 1. The van der Waals surface area contributed by atoms with Crippen LogP contribution < -0.4 is 0 Å². The van der Waals surface area contributed by atoms with Crippen LogP contribution >= 0.6 is 0 Å². The van der Waals surface area contributed by atoms with Gasteiger partial charge in [0.15, 0.2) is 0 Å². The molecule has 0 radical (unpaired) electrons. The van der Waals surface area contributed by atoms with Crippen molar-refractivity contribution in [3.05, 3.63) is 65.4 Å². The van der Waals surface area contributed by atoms with Crippen LogP contribution in [-0.4, -0.2) is 17.1 Å². The van der Waals surface area contributed by atoms with E-state index in [0.29, 0.717) is 17.7 Å². The SMILES string of the molecule is CCOC(=O)c1cn(-c2ccccc2C#N)c2cccc(C)c12. The van der Waals surface area contributed by atoms with Gasteiger partial charge in [0.2, 0.25) is 0 Å². The van der Waals surface area contributed by atoms with Gasteiger partial charge in [-0.25, -0.2) is 4.79 Å². The molecule has 0 atom stereocenters. The Morgan fingerprint density at radius 2 is 2.00 bits per heavy atom. The third kappa shape index (κ3) is 2.47. The predicted octanol–water partition coefficient (Wildman–Crippen LogP) is 3.99. The molecule has 4 nitrogen and oxygen atoms in total. The van der Waals surface area contributed by atoms with E-state index in [-0.39, 0.29) is 5.97 Å². The number of benzene rings is 2. The highest BCUT2D eigenvalue weighted by Gasteiger charge is 2.19. The van der Waals surface area contributed by atoms with Gasteiger partial charge in [0.25, 0.3) is 0 Å².